The van der Waals surface area contributed by atoms with Gasteiger partial charge in [-0.2, -0.15) is 0 Å². The van der Waals surface area contributed by atoms with Crippen LogP contribution < -0.4 is 0 Å². The second-order valence-corrected chi connectivity index (χ2v) is 14.7. The van der Waals surface area contributed by atoms with Gasteiger partial charge in [0.15, 0.2) is 17.5 Å². The summed E-state index contributed by atoms with van der Waals surface area (Å²) in [6, 6.07) is 53.9. The molecule has 280 valence electrons. The van der Waals surface area contributed by atoms with Gasteiger partial charge in [0.25, 0.3) is 0 Å². The summed E-state index contributed by atoms with van der Waals surface area (Å²) in [6.07, 6.45) is 0. The molecule has 0 aliphatic heterocycles. The quantitative estimate of drug-likeness (QED) is 0.169. The van der Waals surface area contributed by atoms with Crippen molar-refractivity contribution in [1.29, 1.82) is 0 Å². The number of nitrogens with zero attached hydrogens (tertiary/aromatic N) is 4. The highest BCUT2D eigenvalue weighted by Crippen LogP contribution is 2.42. The Morgan fingerprint density at radius 1 is 0.400 bits per heavy atom. The smallest absolute Gasteiger partial charge is 0.164 e. The first kappa shape index (κ1) is 28.3. The molecular weight excluding hydrogens is 733 g/mol. The first-order valence-electron chi connectivity index (χ1n) is 22.7. The molecule has 0 radical (unpaired) electrons. The van der Waals surface area contributed by atoms with E-state index in [0.717, 1.165) is 54.9 Å². The Bertz CT molecular complexity index is 3880. The zero-order valence-electron chi connectivity index (χ0n) is 37.9. The minimum absolute atomic E-state index is 0.0633. The van der Waals surface area contributed by atoms with Crippen LogP contribution in [0.3, 0.4) is 0 Å². The van der Waals surface area contributed by atoms with Crippen molar-refractivity contribution in [2.24, 2.45) is 0 Å². The second-order valence-electron chi connectivity index (χ2n) is 14.7. The van der Waals surface area contributed by atoms with Crippen LogP contribution >= 0.6 is 0 Å². The molecule has 0 N–H and O–H groups in total. The number of aromatic nitrogens is 4. The van der Waals surface area contributed by atoms with Crippen molar-refractivity contribution in [3.05, 3.63) is 206 Å². The first-order valence-corrected chi connectivity index (χ1v) is 19.7. The Kier molecular flexibility index (Phi) is 6.48. The molecule has 0 amide bonds. The van der Waals surface area contributed by atoms with Gasteiger partial charge in [-0.3, -0.25) is 0 Å². The SMILES string of the molecule is [2H]c1cc([2H])c2c(c1[2H])c1c([2H])c([2H])cc([2H])c1n2-c1cc(-c2nc(-c3ccccc3)nc(-c3ccc(-c4cccc5ccccc45)cc3)n2)ccc1-c1cccc2c1oc1ccccc12. The third-order valence-electron chi connectivity index (χ3n) is 11.2. The van der Waals surface area contributed by atoms with Gasteiger partial charge in [0.05, 0.1) is 24.9 Å². The van der Waals surface area contributed by atoms with E-state index in [1.165, 1.54) is 12.1 Å². The van der Waals surface area contributed by atoms with Crippen LogP contribution in [0, 0.1) is 0 Å². The molecule has 3 heterocycles. The van der Waals surface area contributed by atoms with Crippen molar-refractivity contribution in [2.45, 2.75) is 0 Å². The maximum Gasteiger partial charge on any atom is 0.164 e. The van der Waals surface area contributed by atoms with E-state index in [0.29, 0.717) is 39.9 Å². The van der Waals surface area contributed by atoms with Crippen molar-refractivity contribution in [3.63, 3.8) is 0 Å². The fourth-order valence-electron chi connectivity index (χ4n) is 8.42. The summed E-state index contributed by atoms with van der Waals surface area (Å²) >= 11 is 0. The highest BCUT2D eigenvalue weighted by molar-refractivity contribution is 6.12. The molecule has 0 fully saturated rings. The normalized spacial score (nSPS) is 13.1. The van der Waals surface area contributed by atoms with Gasteiger partial charge >= 0.3 is 0 Å². The van der Waals surface area contributed by atoms with Gasteiger partial charge in [-0.15, -0.1) is 0 Å². The lowest BCUT2D eigenvalue weighted by Gasteiger charge is -2.16. The van der Waals surface area contributed by atoms with Crippen LogP contribution in [0.1, 0.15) is 8.22 Å². The second kappa shape index (κ2) is 13.8. The number of hydrogen-bond acceptors (Lipinski definition) is 4. The number of hydrogen-bond donors (Lipinski definition) is 0. The zero-order chi connectivity index (χ0) is 44.8. The number of rotatable bonds is 6. The molecule has 3 aromatic heterocycles. The largest absolute Gasteiger partial charge is 0.455 e. The van der Waals surface area contributed by atoms with E-state index in [2.05, 4.69) is 42.5 Å². The van der Waals surface area contributed by atoms with Crippen LogP contribution in [0.25, 0.3) is 117 Å². The molecule has 0 bridgehead atoms. The van der Waals surface area contributed by atoms with E-state index in [4.69, 9.17) is 24.9 Å². The number of fused-ring (bicyclic) bond motifs is 7. The van der Waals surface area contributed by atoms with Gasteiger partial charge in [-0.05, 0) is 46.1 Å². The lowest BCUT2D eigenvalue weighted by atomic mass is 9.97. The van der Waals surface area contributed by atoms with Crippen molar-refractivity contribution < 1.29 is 12.6 Å². The summed E-state index contributed by atoms with van der Waals surface area (Å²) < 4.78 is 62.5. The minimum Gasteiger partial charge on any atom is -0.455 e. The van der Waals surface area contributed by atoms with Gasteiger partial charge < -0.3 is 8.98 Å². The highest BCUT2D eigenvalue weighted by atomic mass is 16.3. The average Bonchev–Trinajstić information content (AvgIpc) is 3.93. The molecule has 5 nitrogen and oxygen atoms in total. The summed E-state index contributed by atoms with van der Waals surface area (Å²) in [4.78, 5) is 15.2. The number of furan rings is 1. The van der Waals surface area contributed by atoms with Crippen molar-refractivity contribution in [1.82, 2.24) is 19.5 Å². The lowest BCUT2D eigenvalue weighted by molar-refractivity contribution is 0.670. The Morgan fingerprint density at radius 2 is 0.967 bits per heavy atom. The summed E-state index contributed by atoms with van der Waals surface area (Å²) in [5, 5.41) is 4.50. The third-order valence-corrected chi connectivity index (χ3v) is 11.2. The predicted molar refractivity (Wildman–Crippen MR) is 246 cm³/mol. The fourth-order valence-corrected chi connectivity index (χ4v) is 8.42. The summed E-state index contributed by atoms with van der Waals surface area (Å²) in [5.74, 6) is 1.30. The van der Waals surface area contributed by atoms with E-state index in [9.17, 15) is 2.74 Å². The van der Waals surface area contributed by atoms with Crippen LogP contribution in [0.2, 0.25) is 0 Å². The maximum absolute atomic E-state index is 9.33. The van der Waals surface area contributed by atoms with Crippen molar-refractivity contribution in [3.8, 4) is 62.1 Å². The monoisotopic (exact) mass is 772 g/mol. The maximum atomic E-state index is 9.33. The van der Waals surface area contributed by atoms with Gasteiger partial charge in [0.2, 0.25) is 0 Å². The molecule has 0 spiro atoms. The zero-order valence-corrected chi connectivity index (χ0v) is 31.9. The van der Waals surface area contributed by atoms with E-state index < -0.39 is 0 Å². The Morgan fingerprint density at radius 3 is 1.73 bits per heavy atom. The fraction of sp³-hybridized carbons (Fsp3) is 0. The highest BCUT2D eigenvalue weighted by Gasteiger charge is 2.21. The van der Waals surface area contributed by atoms with Crippen LogP contribution in [0.4, 0.5) is 0 Å². The molecule has 0 saturated heterocycles. The molecule has 5 heteroatoms. The molecule has 60 heavy (non-hydrogen) atoms. The Balaban J connectivity index is 1.13. The van der Waals surface area contributed by atoms with Crippen LogP contribution in [-0.4, -0.2) is 19.5 Å². The molecule has 9 aromatic carbocycles. The van der Waals surface area contributed by atoms with Crippen molar-refractivity contribution >= 4 is 54.5 Å². The summed E-state index contributed by atoms with van der Waals surface area (Å²) in [7, 11) is 0. The van der Waals surface area contributed by atoms with Gasteiger partial charge in [0.1, 0.15) is 11.2 Å². The molecule has 0 saturated carbocycles. The van der Waals surface area contributed by atoms with Crippen LogP contribution in [0.5, 0.6) is 0 Å². The van der Waals surface area contributed by atoms with E-state index in [1.807, 2.05) is 115 Å². The summed E-state index contributed by atoms with van der Waals surface area (Å²) in [6.45, 7) is 0. The van der Waals surface area contributed by atoms with E-state index in [1.54, 1.807) is 4.57 Å². The van der Waals surface area contributed by atoms with Crippen molar-refractivity contribution in [2.75, 3.05) is 0 Å². The molecule has 0 aliphatic rings. The molecular formula is C55H34N4O. The molecule has 0 atom stereocenters. The number of benzene rings is 9. The predicted octanol–water partition coefficient (Wildman–Crippen LogP) is 14.4. The van der Waals surface area contributed by atoms with E-state index in [-0.39, 0.29) is 58.1 Å². The summed E-state index contributed by atoms with van der Waals surface area (Å²) in [5.41, 5.74) is 8.10. The first-order chi connectivity index (χ1) is 32.2. The Labute approximate surface area is 353 Å². The van der Waals surface area contributed by atoms with E-state index >= 15 is 0 Å². The topological polar surface area (TPSA) is 56.7 Å². The minimum atomic E-state index is -0.193. The Hall–Kier alpha value is -8.15. The molecule has 12 aromatic rings. The van der Waals surface area contributed by atoms with Gasteiger partial charge in [-0.25, -0.2) is 15.0 Å². The molecule has 12 rings (SSSR count). The molecule has 0 aliphatic carbocycles. The van der Waals surface area contributed by atoms with Crippen LogP contribution in [-0.2, 0) is 0 Å². The van der Waals surface area contributed by atoms with Gasteiger partial charge in [-0.1, -0.05) is 182 Å². The van der Waals surface area contributed by atoms with Crippen LogP contribution in [0.15, 0.2) is 211 Å². The standard InChI is InChI=1S/C55H34N4O/c1-2-15-37(16-3-1)53-56-54(38-30-28-36(29-31-38)41-22-12-17-35-14-4-5-18-40(35)41)58-55(57-53)39-32-33-44(46-23-13-24-47-45-21-8-11-27-51(45)60-52(46)47)50(34-39)59-48-25-9-6-19-42(48)43-20-7-10-26-49(43)59/h1-34H/i6D,7D,19D,20D,25D,26D. The van der Waals surface area contributed by atoms with Gasteiger partial charge in [0, 0.05) is 49.4 Å². The third kappa shape index (κ3) is 5.52. The average molecular weight is 773 g/mol. The number of para-hydroxylation sites is 4. The lowest BCUT2D eigenvalue weighted by Crippen LogP contribution is -2.02. The molecule has 0 unspecified atom stereocenters.